The van der Waals surface area contributed by atoms with Crippen LogP contribution in [0.3, 0.4) is 0 Å². The van der Waals surface area contributed by atoms with E-state index in [0.717, 1.165) is 12.1 Å². The molecule has 23 heavy (non-hydrogen) atoms. The maximum Gasteiger partial charge on any atom is 0.257 e. The van der Waals surface area contributed by atoms with E-state index in [0.29, 0.717) is 16.6 Å². The third-order valence-electron chi connectivity index (χ3n) is 3.69. The first-order valence-corrected chi connectivity index (χ1v) is 8.21. The average Bonchev–Trinajstić information content (AvgIpc) is 2.55. The Morgan fingerprint density at radius 1 is 1.04 bits per heavy atom. The van der Waals surface area contributed by atoms with Crippen molar-refractivity contribution in [3.05, 3.63) is 65.2 Å². The highest BCUT2D eigenvalue weighted by Crippen LogP contribution is 2.17. The molecular formula is C19H22N2OS. The first kappa shape index (κ1) is 17.2. The molecule has 0 unspecified atom stereocenters. The zero-order valence-corrected chi connectivity index (χ0v) is 14.5. The van der Waals surface area contributed by atoms with Gasteiger partial charge in [0, 0.05) is 11.3 Å². The molecule has 0 aliphatic heterocycles. The third-order valence-corrected chi connectivity index (χ3v) is 3.89. The van der Waals surface area contributed by atoms with Crippen molar-refractivity contribution in [2.75, 3.05) is 5.32 Å². The molecule has 1 amide bonds. The molecule has 0 fully saturated rings. The first-order chi connectivity index (χ1) is 11.0. The van der Waals surface area contributed by atoms with E-state index in [1.807, 2.05) is 36.4 Å². The molecule has 2 aromatic carbocycles. The molecule has 2 rings (SSSR count). The number of rotatable bonds is 4. The minimum absolute atomic E-state index is 0.205. The van der Waals surface area contributed by atoms with E-state index in [1.54, 1.807) is 0 Å². The van der Waals surface area contributed by atoms with Crippen molar-refractivity contribution in [2.45, 2.75) is 33.1 Å². The van der Waals surface area contributed by atoms with Gasteiger partial charge in [-0.25, -0.2) is 0 Å². The van der Waals surface area contributed by atoms with Gasteiger partial charge in [-0.05, 0) is 59.9 Å². The van der Waals surface area contributed by atoms with E-state index in [9.17, 15) is 4.79 Å². The van der Waals surface area contributed by atoms with Crippen molar-refractivity contribution >= 4 is 28.9 Å². The monoisotopic (exact) mass is 326 g/mol. The lowest BCUT2D eigenvalue weighted by molar-refractivity contribution is 0.0977. The van der Waals surface area contributed by atoms with Crippen molar-refractivity contribution in [1.82, 2.24) is 5.32 Å². The number of nitrogens with one attached hydrogen (secondary N) is 2. The van der Waals surface area contributed by atoms with Crippen LogP contribution in [0.5, 0.6) is 0 Å². The van der Waals surface area contributed by atoms with Crippen molar-refractivity contribution < 1.29 is 4.79 Å². The lowest BCUT2D eigenvalue weighted by Crippen LogP contribution is -2.34. The van der Waals surface area contributed by atoms with Gasteiger partial charge < -0.3 is 5.32 Å². The van der Waals surface area contributed by atoms with Gasteiger partial charge in [0.25, 0.3) is 5.91 Å². The lowest BCUT2D eigenvalue weighted by Gasteiger charge is -2.11. The molecule has 4 heteroatoms. The molecule has 2 aromatic rings. The van der Waals surface area contributed by atoms with E-state index < -0.39 is 0 Å². The molecule has 2 N–H and O–H groups in total. The molecule has 0 spiro atoms. The quantitative estimate of drug-likeness (QED) is 0.813. The number of amides is 1. The van der Waals surface area contributed by atoms with Gasteiger partial charge in [0.15, 0.2) is 5.11 Å². The summed E-state index contributed by atoms with van der Waals surface area (Å²) in [6.45, 7) is 6.38. The fourth-order valence-electron chi connectivity index (χ4n) is 2.18. The van der Waals surface area contributed by atoms with E-state index in [1.165, 1.54) is 11.1 Å². The third kappa shape index (κ3) is 4.89. The Kier molecular flexibility index (Phi) is 5.88. The maximum atomic E-state index is 12.1. The van der Waals surface area contributed by atoms with Crippen molar-refractivity contribution in [2.24, 2.45) is 0 Å². The highest BCUT2D eigenvalue weighted by molar-refractivity contribution is 7.80. The second-order valence-corrected chi connectivity index (χ2v) is 6.14. The Balaban J connectivity index is 1.94. The maximum absolute atomic E-state index is 12.1. The Labute approximate surface area is 143 Å². The van der Waals surface area contributed by atoms with Crippen LogP contribution in [0.2, 0.25) is 0 Å². The fraction of sp³-hybridized carbons (Fsp3) is 0.263. The van der Waals surface area contributed by atoms with E-state index in [-0.39, 0.29) is 5.91 Å². The molecule has 0 atom stereocenters. The second-order valence-electron chi connectivity index (χ2n) is 5.74. The van der Waals surface area contributed by atoms with Gasteiger partial charge >= 0.3 is 0 Å². The normalized spacial score (nSPS) is 10.4. The number of thiocarbonyl (C=S) groups is 1. The number of hydrogen-bond acceptors (Lipinski definition) is 2. The van der Waals surface area contributed by atoms with Crippen LogP contribution in [0.15, 0.2) is 48.5 Å². The van der Waals surface area contributed by atoms with Gasteiger partial charge in [-0.1, -0.05) is 45.0 Å². The molecule has 0 bridgehead atoms. The van der Waals surface area contributed by atoms with E-state index >= 15 is 0 Å². The summed E-state index contributed by atoms with van der Waals surface area (Å²) in [5.41, 5.74) is 3.93. The molecule has 0 aliphatic carbocycles. The van der Waals surface area contributed by atoms with Crippen LogP contribution in [0, 0.1) is 0 Å². The molecule has 0 saturated heterocycles. The summed E-state index contributed by atoms with van der Waals surface area (Å²) in [7, 11) is 0. The number of carbonyl (C=O) groups is 1. The number of hydrogen-bond donors (Lipinski definition) is 2. The Morgan fingerprint density at radius 3 is 2.17 bits per heavy atom. The Morgan fingerprint density at radius 2 is 1.65 bits per heavy atom. The van der Waals surface area contributed by atoms with Crippen LogP contribution in [0.4, 0.5) is 5.69 Å². The smallest absolute Gasteiger partial charge is 0.257 e. The highest BCUT2D eigenvalue weighted by atomic mass is 32.1. The Bertz CT molecular complexity index is 676. The fourth-order valence-corrected chi connectivity index (χ4v) is 2.39. The zero-order valence-electron chi connectivity index (χ0n) is 13.7. The van der Waals surface area contributed by atoms with Gasteiger partial charge in [-0.15, -0.1) is 0 Å². The van der Waals surface area contributed by atoms with Gasteiger partial charge in [-0.3, -0.25) is 10.1 Å². The second kappa shape index (κ2) is 7.88. The predicted molar refractivity (Wildman–Crippen MR) is 100 cm³/mol. The molecule has 3 nitrogen and oxygen atoms in total. The largest absolute Gasteiger partial charge is 0.332 e. The number of anilines is 1. The highest BCUT2D eigenvalue weighted by Gasteiger charge is 2.08. The molecular weight excluding hydrogens is 304 g/mol. The van der Waals surface area contributed by atoms with Crippen molar-refractivity contribution in [1.29, 1.82) is 0 Å². The number of aryl methyl sites for hydroxylation is 1. The molecule has 0 heterocycles. The van der Waals surface area contributed by atoms with Crippen LogP contribution in [0.1, 0.15) is 48.2 Å². The Hall–Kier alpha value is -2.20. The van der Waals surface area contributed by atoms with Crippen molar-refractivity contribution in [3.8, 4) is 0 Å². The molecule has 0 aliphatic rings. The molecule has 0 radical (unpaired) electrons. The zero-order chi connectivity index (χ0) is 16.8. The minimum Gasteiger partial charge on any atom is -0.332 e. The average molecular weight is 326 g/mol. The van der Waals surface area contributed by atoms with Crippen molar-refractivity contribution in [3.63, 3.8) is 0 Å². The number of benzene rings is 2. The summed E-state index contributed by atoms with van der Waals surface area (Å²) >= 11 is 5.20. The summed E-state index contributed by atoms with van der Waals surface area (Å²) < 4.78 is 0. The van der Waals surface area contributed by atoms with E-state index in [4.69, 9.17) is 12.2 Å². The van der Waals surface area contributed by atoms with Crippen LogP contribution in [-0.4, -0.2) is 11.0 Å². The van der Waals surface area contributed by atoms with Crippen LogP contribution >= 0.6 is 12.2 Å². The predicted octanol–water partition coefficient (Wildman–Crippen LogP) is 4.50. The van der Waals surface area contributed by atoms with Crippen LogP contribution < -0.4 is 10.6 Å². The summed E-state index contributed by atoms with van der Waals surface area (Å²) in [4.78, 5) is 12.1. The SMILES string of the molecule is CCc1ccc(C(=O)NC(=S)Nc2ccc(C(C)C)cc2)cc1. The topological polar surface area (TPSA) is 41.1 Å². The molecule has 0 aromatic heterocycles. The standard InChI is InChI=1S/C19H22N2OS/c1-4-14-5-7-16(8-6-14)18(22)21-19(23)20-17-11-9-15(10-12-17)13(2)3/h5-13H,4H2,1-3H3,(H2,20,21,22,23). The first-order valence-electron chi connectivity index (χ1n) is 7.81. The summed E-state index contributed by atoms with van der Waals surface area (Å²) in [6.07, 6.45) is 0.953. The minimum atomic E-state index is -0.205. The van der Waals surface area contributed by atoms with Gasteiger partial charge in [0.1, 0.15) is 0 Å². The number of carbonyl (C=O) groups excluding carboxylic acids is 1. The molecule has 120 valence electrons. The van der Waals surface area contributed by atoms with Gasteiger partial charge in [0.05, 0.1) is 0 Å². The van der Waals surface area contributed by atoms with Gasteiger partial charge in [-0.2, -0.15) is 0 Å². The summed E-state index contributed by atoms with van der Waals surface area (Å²) in [6, 6.07) is 15.6. The van der Waals surface area contributed by atoms with Crippen LogP contribution in [-0.2, 0) is 6.42 Å². The lowest BCUT2D eigenvalue weighted by atomic mass is 10.0. The van der Waals surface area contributed by atoms with E-state index in [2.05, 4.69) is 43.5 Å². The van der Waals surface area contributed by atoms with Crippen LogP contribution in [0.25, 0.3) is 0 Å². The molecule has 0 saturated carbocycles. The summed E-state index contributed by atoms with van der Waals surface area (Å²) in [5.74, 6) is 0.283. The summed E-state index contributed by atoms with van der Waals surface area (Å²) in [5, 5.41) is 6.03. The van der Waals surface area contributed by atoms with Gasteiger partial charge in [0.2, 0.25) is 0 Å².